The van der Waals surface area contributed by atoms with Crippen molar-refractivity contribution in [2.75, 3.05) is 0 Å². The molecule has 0 radical (unpaired) electrons. The van der Waals surface area contributed by atoms with Gasteiger partial charge in [0.15, 0.2) is 0 Å². The summed E-state index contributed by atoms with van der Waals surface area (Å²) in [6.07, 6.45) is -0.761. The Hall–Kier alpha value is -6.80. The van der Waals surface area contributed by atoms with E-state index in [4.69, 9.17) is 50.6 Å². The van der Waals surface area contributed by atoms with Crippen LogP contribution in [0.4, 0.5) is 9.59 Å². The predicted molar refractivity (Wildman–Crippen MR) is 342 cm³/mol. The molecule has 3 atom stereocenters. The number of nitrogens with two attached hydrogens (primary N) is 1. The van der Waals surface area contributed by atoms with E-state index >= 15 is 0 Å². The summed E-state index contributed by atoms with van der Waals surface area (Å²) in [5.74, 6) is -2.44. The number of benzene rings is 5. The van der Waals surface area contributed by atoms with E-state index in [1.807, 2.05) is 276 Å². The molecule has 0 spiro atoms. The average Bonchev–Trinajstić information content (AvgIpc) is 0.893. The van der Waals surface area contributed by atoms with Gasteiger partial charge in [-0.25, -0.2) is 14.4 Å². The fourth-order valence-electron chi connectivity index (χ4n) is 7.75. The Bertz CT molecular complexity index is 2800. The van der Waals surface area contributed by atoms with Crippen molar-refractivity contribution in [3.63, 3.8) is 0 Å². The van der Waals surface area contributed by atoms with Crippen LogP contribution in [0, 0.1) is 0 Å². The molecule has 19 nitrogen and oxygen atoms in total. The zero-order chi connectivity index (χ0) is 66.2. The van der Waals surface area contributed by atoms with Crippen LogP contribution in [0.3, 0.4) is 0 Å². The van der Waals surface area contributed by atoms with Crippen LogP contribution in [-0.2, 0) is 91.7 Å². The van der Waals surface area contributed by atoms with E-state index in [-0.39, 0.29) is 26.1 Å². The van der Waals surface area contributed by atoms with Crippen molar-refractivity contribution in [2.24, 2.45) is 5.73 Å². The Labute approximate surface area is 524 Å². The molecule has 0 aromatic heterocycles. The molecule has 5 N–H and O–H groups in total. The lowest BCUT2D eigenvalue weighted by molar-refractivity contribution is -0.165. The largest absolute Gasteiger partial charge is 0.752 e. The monoisotopic (exact) mass is 1260 g/mol. The quantitative estimate of drug-likeness (QED) is 0.0444. The van der Waals surface area contributed by atoms with Gasteiger partial charge >= 0.3 is 48.2 Å². The van der Waals surface area contributed by atoms with Crippen LogP contribution < -0.4 is 16.4 Å². The second kappa shape index (κ2) is 33.7. The summed E-state index contributed by atoms with van der Waals surface area (Å²) in [5.41, 5.74) is 6.22. The molecule has 5 aromatic rings. The number of carboxylic acid groups (broad SMARTS) is 1. The highest BCUT2D eigenvalue weighted by atomic mass is 28.4. The highest BCUT2D eigenvalue weighted by molar-refractivity contribution is 6.56. The maximum absolute atomic E-state index is 13.7. The molecule has 0 heterocycles. The standard InChI is InChI=1S/C29H43NO7Si.C21H37NO5Si.C17H17NO4/c1-27(2,3)35-38(36-28(4,5)6,37-29(7,8)9)34-25(31)24(20-22-16-12-10-13-17-22)30-26(32)33-21-23-18-14-11-15-19-23;1-19(2,3)25-28(26-20(4,5)6,27-21(7,8)9)24-18(23)17(22)15-16-13-11-10-12-14-16;19-16(20)15(11-13-7-3-1-4-8-13)18-17(21)22-12-14-9-5-2-6-10-14/h10-19,24H,20-21H2,1-9H3,(H,30,32);10-14,17H,15,22H2,1-9H3;1-10,15H,11-12H2,(H,18,21)(H,19,20)/t24-;17-;15-/m000/s1. The summed E-state index contributed by atoms with van der Waals surface area (Å²) in [6.45, 7) is 33.5. The van der Waals surface area contributed by atoms with Gasteiger partial charge < -0.3 is 66.4 Å². The number of hydrogen-bond donors (Lipinski definition) is 4. The highest BCUT2D eigenvalue weighted by Crippen LogP contribution is 2.32. The molecule has 484 valence electrons. The molecule has 5 rings (SSSR count). The van der Waals surface area contributed by atoms with Crippen LogP contribution >= 0.6 is 0 Å². The molecule has 88 heavy (non-hydrogen) atoms. The molecule has 0 bridgehead atoms. The minimum absolute atomic E-state index is 0.0614. The van der Waals surface area contributed by atoms with Gasteiger partial charge in [-0.05, 0) is 159 Å². The first-order valence-corrected chi connectivity index (χ1v) is 32.6. The van der Waals surface area contributed by atoms with Crippen molar-refractivity contribution in [3.05, 3.63) is 179 Å². The summed E-state index contributed by atoms with van der Waals surface area (Å²) in [4.78, 5) is 62.3. The van der Waals surface area contributed by atoms with Crippen molar-refractivity contribution in [3.8, 4) is 0 Å². The molecular formula is C67H97N3O16Si2. The molecule has 0 saturated heterocycles. The number of nitrogens with one attached hydrogen (secondary N) is 2. The number of alkyl carbamates (subject to hydrolysis) is 2. The van der Waals surface area contributed by atoms with Crippen LogP contribution in [0.2, 0.25) is 0 Å². The molecule has 0 aliphatic heterocycles. The van der Waals surface area contributed by atoms with Crippen molar-refractivity contribution < 1.29 is 74.0 Å². The number of carbonyl (C=O) groups is 5. The second-order valence-corrected chi connectivity index (χ2v) is 30.3. The minimum Gasteiger partial charge on any atom is -0.480 e. The molecule has 0 aliphatic rings. The SMILES string of the molecule is CC(C)(C)O[Si](OC(=O)[C@@H](N)Cc1ccccc1)(OC(C)(C)C)OC(C)(C)C.CC(C)(C)O[Si](OC(=O)[C@H](Cc1ccccc1)NC(=O)OCc1ccccc1)(OC(C)(C)C)OC(C)(C)C.O=C(N[C@@H](Cc1ccccc1)C(=O)O)OCc1ccccc1. The van der Waals surface area contributed by atoms with Crippen LogP contribution in [-0.4, -0.2) is 105 Å². The number of hydrogen-bond acceptors (Lipinski definition) is 16. The van der Waals surface area contributed by atoms with Crippen LogP contribution in [0.25, 0.3) is 0 Å². The van der Waals surface area contributed by atoms with Crippen LogP contribution in [0.15, 0.2) is 152 Å². The lowest BCUT2D eigenvalue weighted by atomic mass is 10.1. The Morgan fingerprint density at radius 3 is 0.886 bits per heavy atom. The van der Waals surface area contributed by atoms with Crippen molar-refractivity contribution >= 4 is 48.2 Å². The second-order valence-electron chi connectivity index (χ2n) is 26.7. The van der Waals surface area contributed by atoms with Crippen molar-refractivity contribution in [1.82, 2.24) is 10.6 Å². The number of aliphatic carboxylic acids is 1. The zero-order valence-corrected chi connectivity index (χ0v) is 56.8. The Balaban J connectivity index is 0.000000359. The molecule has 5 aromatic carbocycles. The Morgan fingerprint density at radius 2 is 0.614 bits per heavy atom. The van der Waals surface area contributed by atoms with Gasteiger partial charge in [0, 0.05) is 12.8 Å². The zero-order valence-electron chi connectivity index (χ0n) is 54.8. The number of carbonyl (C=O) groups excluding carboxylic acids is 4. The third-order valence-corrected chi connectivity index (χ3v) is 16.9. The van der Waals surface area contributed by atoms with E-state index in [1.54, 1.807) is 0 Å². The third kappa shape index (κ3) is 33.0. The summed E-state index contributed by atoms with van der Waals surface area (Å²) < 4.78 is 59.5. The van der Waals surface area contributed by atoms with E-state index in [0.29, 0.717) is 6.42 Å². The maximum atomic E-state index is 13.7. The van der Waals surface area contributed by atoms with Crippen LogP contribution in [0.5, 0.6) is 0 Å². The third-order valence-electron chi connectivity index (χ3n) is 10.8. The van der Waals surface area contributed by atoms with E-state index in [1.165, 1.54) is 0 Å². The fraction of sp³-hybridized carbons (Fsp3) is 0.478. The fourth-order valence-corrected chi connectivity index (χ4v) is 13.5. The minimum atomic E-state index is -4.11. The van der Waals surface area contributed by atoms with E-state index in [0.717, 1.165) is 27.8 Å². The molecule has 0 unspecified atom stereocenters. The number of ether oxygens (including phenoxy) is 2. The van der Waals surface area contributed by atoms with Gasteiger partial charge in [0.25, 0.3) is 0 Å². The number of amides is 2. The molecule has 21 heteroatoms. The lowest BCUT2D eigenvalue weighted by Crippen LogP contribution is -2.62. The molecule has 0 aliphatic carbocycles. The van der Waals surface area contributed by atoms with Gasteiger partial charge in [0.1, 0.15) is 31.3 Å². The first kappa shape index (κ1) is 75.5. The summed E-state index contributed by atoms with van der Waals surface area (Å²) >= 11 is 0. The van der Waals surface area contributed by atoms with E-state index < -0.39 is 99.9 Å². The summed E-state index contributed by atoms with van der Waals surface area (Å²) in [6, 6.07) is 43.5. The smallest absolute Gasteiger partial charge is 0.480 e. The van der Waals surface area contributed by atoms with E-state index in [9.17, 15) is 29.1 Å². The summed E-state index contributed by atoms with van der Waals surface area (Å²) in [5, 5.41) is 14.2. The Kier molecular flexibility index (Phi) is 28.9. The van der Waals surface area contributed by atoms with Gasteiger partial charge in [-0.15, -0.1) is 0 Å². The van der Waals surface area contributed by atoms with Gasteiger partial charge in [0.2, 0.25) is 0 Å². The normalized spacial score (nSPS) is 13.4. The molecule has 2 amide bonds. The van der Waals surface area contributed by atoms with Gasteiger partial charge in [-0.3, -0.25) is 9.59 Å². The maximum Gasteiger partial charge on any atom is 0.752 e. The Morgan fingerprint density at radius 1 is 0.375 bits per heavy atom. The molecule has 0 saturated carbocycles. The van der Waals surface area contributed by atoms with Crippen molar-refractivity contribution in [2.45, 2.75) is 209 Å². The lowest BCUT2D eigenvalue weighted by Gasteiger charge is -2.40. The first-order chi connectivity index (χ1) is 40.6. The topological polar surface area (TPSA) is 248 Å². The van der Waals surface area contributed by atoms with Gasteiger partial charge in [-0.1, -0.05) is 152 Å². The first-order valence-electron chi connectivity index (χ1n) is 29.3. The number of rotatable bonds is 23. The highest BCUT2D eigenvalue weighted by Gasteiger charge is 2.59. The predicted octanol–water partition coefficient (Wildman–Crippen LogP) is 12.5. The average molecular weight is 1260 g/mol. The summed E-state index contributed by atoms with van der Waals surface area (Å²) in [7, 11) is -7.98. The molecular weight excluding hydrogens is 1160 g/mol. The van der Waals surface area contributed by atoms with Gasteiger partial charge in [-0.2, -0.15) is 0 Å². The van der Waals surface area contributed by atoms with Crippen molar-refractivity contribution in [1.29, 1.82) is 0 Å². The van der Waals surface area contributed by atoms with E-state index in [2.05, 4.69) is 10.6 Å². The van der Waals surface area contributed by atoms with Gasteiger partial charge in [0.05, 0.1) is 33.6 Å². The molecule has 0 fully saturated rings. The van der Waals surface area contributed by atoms with Crippen LogP contribution in [0.1, 0.15) is 152 Å². The number of carboxylic acids is 1.